The fraction of sp³-hybridized carbons (Fsp3) is 0.300. The van der Waals surface area contributed by atoms with Crippen molar-refractivity contribution in [1.29, 1.82) is 0 Å². The Morgan fingerprint density at radius 2 is 2.07 bits per heavy atom. The standard InChI is InChI=1S/C10H12N2OS/c1-13-9-4-2-8(3-5-9)12-7-6-11-10(12)14/h2-5H,6-7H2,1H3,(H,11,14). The summed E-state index contributed by atoms with van der Waals surface area (Å²) < 4.78 is 5.09. The van der Waals surface area contributed by atoms with Crippen LogP contribution in [0.5, 0.6) is 5.75 Å². The number of benzene rings is 1. The Kier molecular flexibility index (Phi) is 2.54. The summed E-state index contributed by atoms with van der Waals surface area (Å²) in [5.41, 5.74) is 1.11. The molecule has 0 atom stereocenters. The second-order valence-electron chi connectivity index (χ2n) is 3.08. The molecule has 2 rings (SSSR count). The Balaban J connectivity index is 2.20. The summed E-state index contributed by atoms with van der Waals surface area (Å²) in [6.07, 6.45) is 0. The van der Waals surface area contributed by atoms with Crippen LogP contribution in [-0.4, -0.2) is 25.3 Å². The van der Waals surface area contributed by atoms with Crippen molar-refractivity contribution in [1.82, 2.24) is 5.32 Å². The van der Waals surface area contributed by atoms with E-state index >= 15 is 0 Å². The summed E-state index contributed by atoms with van der Waals surface area (Å²) in [6.45, 7) is 1.86. The molecule has 1 fully saturated rings. The van der Waals surface area contributed by atoms with Gasteiger partial charge in [0, 0.05) is 18.8 Å². The van der Waals surface area contributed by atoms with Gasteiger partial charge in [-0.3, -0.25) is 0 Å². The molecule has 0 spiro atoms. The molecule has 0 bridgehead atoms. The number of methoxy groups -OCH3 is 1. The molecule has 3 nitrogen and oxygen atoms in total. The van der Waals surface area contributed by atoms with E-state index in [1.165, 1.54) is 0 Å². The van der Waals surface area contributed by atoms with Crippen LogP contribution in [0.15, 0.2) is 24.3 Å². The van der Waals surface area contributed by atoms with Gasteiger partial charge in [-0.1, -0.05) is 0 Å². The summed E-state index contributed by atoms with van der Waals surface area (Å²) in [5.74, 6) is 0.867. The van der Waals surface area contributed by atoms with Crippen LogP contribution in [0.2, 0.25) is 0 Å². The molecule has 14 heavy (non-hydrogen) atoms. The van der Waals surface area contributed by atoms with Crippen LogP contribution in [-0.2, 0) is 0 Å². The van der Waals surface area contributed by atoms with Gasteiger partial charge in [-0.05, 0) is 36.5 Å². The van der Waals surface area contributed by atoms with Crippen LogP contribution in [0.4, 0.5) is 5.69 Å². The number of thiocarbonyl (C=S) groups is 1. The molecule has 1 saturated heterocycles. The van der Waals surface area contributed by atoms with Gasteiger partial charge in [-0.25, -0.2) is 0 Å². The van der Waals surface area contributed by atoms with Crippen LogP contribution in [0.1, 0.15) is 0 Å². The molecule has 0 amide bonds. The van der Waals surface area contributed by atoms with E-state index in [1.54, 1.807) is 7.11 Å². The number of nitrogens with one attached hydrogen (secondary N) is 1. The van der Waals surface area contributed by atoms with E-state index < -0.39 is 0 Å². The molecule has 4 heteroatoms. The maximum absolute atomic E-state index is 5.17. The first-order chi connectivity index (χ1) is 6.81. The summed E-state index contributed by atoms with van der Waals surface area (Å²) in [6, 6.07) is 7.91. The van der Waals surface area contributed by atoms with Gasteiger partial charge in [-0.15, -0.1) is 0 Å². The molecule has 1 N–H and O–H groups in total. The highest BCUT2D eigenvalue weighted by Gasteiger charge is 2.16. The van der Waals surface area contributed by atoms with Gasteiger partial charge in [-0.2, -0.15) is 0 Å². The van der Waals surface area contributed by atoms with Crippen LogP contribution in [0, 0.1) is 0 Å². The zero-order valence-electron chi connectivity index (χ0n) is 7.99. The molecule has 0 aromatic heterocycles. The molecule has 1 aliphatic rings. The van der Waals surface area contributed by atoms with Gasteiger partial charge in [0.05, 0.1) is 7.11 Å². The fourth-order valence-corrected chi connectivity index (χ4v) is 1.78. The minimum atomic E-state index is 0.801. The molecule has 0 radical (unpaired) electrons. The van der Waals surface area contributed by atoms with Gasteiger partial charge in [0.1, 0.15) is 5.75 Å². The first-order valence-corrected chi connectivity index (χ1v) is 4.91. The fourth-order valence-electron chi connectivity index (χ4n) is 1.48. The zero-order chi connectivity index (χ0) is 9.97. The lowest BCUT2D eigenvalue weighted by Crippen LogP contribution is -2.27. The monoisotopic (exact) mass is 208 g/mol. The summed E-state index contributed by atoms with van der Waals surface area (Å²) >= 11 is 5.17. The second kappa shape index (κ2) is 3.84. The van der Waals surface area contributed by atoms with E-state index in [1.807, 2.05) is 24.3 Å². The van der Waals surface area contributed by atoms with Crippen molar-refractivity contribution in [3.8, 4) is 5.75 Å². The highest BCUT2D eigenvalue weighted by atomic mass is 32.1. The van der Waals surface area contributed by atoms with Crippen molar-refractivity contribution in [3.63, 3.8) is 0 Å². The van der Waals surface area contributed by atoms with Gasteiger partial charge >= 0.3 is 0 Å². The van der Waals surface area contributed by atoms with Crippen molar-refractivity contribution in [3.05, 3.63) is 24.3 Å². The van der Waals surface area contributed by atoms with Crippen molar-refractivity contribution >= 4 is 23.0 Å². The van der Waals surface area contributed by atoms with Crippen molar-refractivity contribution in [2.45, 2.75) is 0 Å². The smallest absolute Gasteiger partial charge is 0.173 e. The molecule has 0 saturated carbocycles. The van der Waals surface area contributed by atoms with Gasteiger partial charge in [0.2, 0.25) is 0 Å². The van der Waals surface area contributed by atoms with E-state index in [4.69, 9.17) is 17.0 Å². The second-order valence-corrected chi connectivity index (χ2v) is 3.47. The molecule has 1 heterocycles. The lowest BCUT2D eigenvalue weighted by Gasteiger charge is -2.16. The molecular formula is C10H12N2OS. The minimum Gasteiger partial charge on any atom is -0.497 e. The van der Waals surface area contributed by atoms with E-state index in [9.17, 15) is 0 Å². The minimum absolute atomic E-state index is 0.801. The Bertz CT molecular complexity index is 336. The summed E-state index contributed by atoms with van der Waals surface area (Å²) in [5, 5.41) is 3.92. The van der Waals surface area contributed by atoms with Crippen LogP contribution < -0.4 is 15.0 Å². The molecular weight excluding hydrogens is 196 g/mol. The predicted octanol–water partition coefficient (Wildman–Crippen LogP) is 1.39. The average molecular weight is 208 g/mol. The lowest BCUT2D eigenvalue weighted by molar-refractivity contribution is 0.415. The van der Waals surface area contributed by atoms with E-state index in [0.717, 1.165) is 29.6 Å². The van der Waals surface area contributed by atoms with Crippen LogP contribution >= 0.6 is 12.2 Å². The quantitative estimate of drug-likeness (QED) is 0.742. The topological polar surface area (TPSA) is 24.5 Å². The molecule has 74 valence electrons. The maximum atomic E-state index is 5.17. The number of hydrogen-bond acceptors (Lipinski definition) is 2. The van der Waals surface area contributed by atoms with E-state index in [-0.39, 0.29) is 0 Å². The molecule has 0 aliphatic carbocycles. The Morgan fingerprint density at radius 1 is 1.36 bits per heavy atom. The molecule has 1 aromatic carbocycles. The molecule has 1 aromatic rings. The zero-order valence-corrected chi connectivity index (χ0v) is 8.80. The highest BCUT2D eigenvalue weighted by Crippen LogP contribution is 2.20. The number of hydrogen-bond donors (Lipinski definition) is 1. The summed E-state index contributed by atoms with van der Waals surface area (Å²) in [4.78, 5) is 2.08. The highest BCUT2D eigenvalue weighted by molar-refractivity contribution is 7.80. The third-order valence-corrected chi connectivity index (χ3v) is 2.61. The van der Waals surface area contributed by atoms with Gasteiger partial charge in [0.25, 0.3) is 0 Å². The lowest BCUT2D eigenvalue weighted by atomic mass is 10.3. The van der Waals surface area contributed by atoms with Gasteiger partial charge < -0.3 is 15.0 Å². The number of ether oxygens (including phenoxy) is 1. The van der Waals surface area contributed by atoms with Crippen LogP contribution in [0.25, 0.3) is 0 Å². The number of nitrogens with zero attached hydrogens (tertiary/aromatic N) is 1. The van der Waals surface area contributed by atoms with Gasteiger partial charge in [0.15, 0.2) is 5.11 Å². The third-order valence-electron chi connectivity index (χ3n) is 2.24. The molecule has 0 unspecified atom stereocenters. The van der Waals surface area contributed by atoms with E-state index in [0.29, 0.717) is 0 Å². The largest absolute Gasteiger partial charge is 0.497 e. The Hall–Kier alpha value is -1.29. The Morgan fingerprint density at radius 3 is 2.57 bits per heavy atom. The number of anilines is 1. The Labute approximate surface area is 88.7 Å². The number of rotatable bonds is 2. The third kappa shape index (κ3) is 1.65. The average Bonchev–Trinajstić information content (AvgIpc) is 2.65. The normalized spacial score (nSPS) is 15.5. The van der Waals surface area contributed by atoms with E-state index in [2.05, 4.69) is 10.2 Å². The predicted molar refractivity (Wildman–Crippen MR) is 60.9 cm³/mol. The van der Waals surface area contributed by atoms with Crippen LogP contribution in [0.3, 0.4) is 0 Å². The summed E-state index contributed by atoms with van der Waals surface area (Å²) in [7, 11) is 1.66. The maximum Gasteiger partial charge on any atom is 0.173 e. The van der Waals surface area contributed by atoms with Crippen molar-refractivity contribution in [2.24, 2.45) is 0 Å². The molecule has 1 aliphatic heterocycles. The first kappa shape index (κ1) is 9.27. The first-order valence-electron chi connectivity index (χ1n) is 4.50. The SMILES string of the molecule is COc1ccc(N2CCNC2=S)cc1. The van der Waals surface area contributed by atoms with Crippen molar-refractivity contribution < 1.29 is 4.74 Å². The van der Waals surface area contributed by atoms with Crippen molar-refractivity contribution in [2.75, 3.05) is 25.1 Å².